The third kappa shape index (κ3) is 5.59. The summed E-state index contributed by atoms with van der Waals surface area (Å²) in [5, 5.41) is 5.52. The Kier molecular flexibility index (Phi) is 7.06. The molecular weight excluding hydrogens is 332 g/mol. The highest BCUT2D eigenvalue weighted by Gasteiger charge is 2.26. The van der Waals surface area contributed by atoms with Crippen molar-refractivity contribution in [2.24, 2.45) is 5.92 Å². The number of thiophene rings is 1. The second-order valence-electron chi connectivity index (χ2n) is 6.41. The van der Waals surface area contributed by atoms with E-state index in [1.54, 1.807) is 0 Å². The number of ketones is 1. The summed E-state index contributed by atoms with van der Waals surface area (Å²) in [6.07, 6.45) is 5.51. The summed E-state index contributed by atoms with van der Waals surface area (Å²) in [6.45, 7) is 2.80. The van der Waals surface area contributed by atoms with Crippen LogP contribution < -0.4 is 5.32 Å². The van der Waals surface area contributed by atoms with Crippen molar-refractivity contribution in [2.75, 3.05) is 19.6 Å². The molecule has 0 bridgehead atoms. The van der Waals surface area contributed by atoms with E-state index in [2.05, 4.69) is 5.32 Å². The number of rotatable bonds is 7. The summed E-state index contributed by atoms with van der Waals surface area (Å²) < 4.78 is 0. The van der Waals surface area contributed by atoms with E-state index in [0.717, 1.165) is 43.3 Å². The average Bonchev–Trinajstić information content (AvgIpc) is 3.22. The Morgan fingerprint density at radius 2 is 1.91 bits per heavy atom. The minimum absolute atomic E-state index is 0. The molecule has 4 nitrogen and oxygen atoms in total. The number of halogens is 1. The van der Waals surface area contributed by atoms with Gasteiger partial charge < -0.3 is 10.2 Å². The number of hydrogen-bond acceptors (Lipinski definition) is 4. The third-order valence-corrected chi connectivity index (χ3v) is 5.51. The molecule has 2 aliphatic rings. The minimum Gasteiger partial charge on any atom is -0.343 e. The van der Waals surface area contributed by atoms with Crippen LogP contribution in [0, 0.1) is 5.92 Å². The maximum Gasteiger partial charge on any atom is 0.223 e. The summed E-state index contributed by atoms with van der Waals surface area (Å²) >= 11 is 1.45. The lowest BCUT2D eigenvalue weighted by Crippen LogP contribution is -2.45. The van der Waals surface area contributed by atoms with E-state index in [1.165, 1.54) is 24.2 Å². The van der Waals surface area contributed by atoms with Gasteiger partial charge in [0.05, 0.1) is 4.88 Å². The van der Waals surface area contributed by atoms with Crippen LogP contribution in [0.25, 0.3) is 0 Å². The van der Waals surface area contributed by atoms with Gasteiger partial charge in [0.25, 0.3) is 0 Å². The SMILES string of the molecule is Cl.O=C(CCC(=O)N1CCC(NCC2CC2)CC1)c1cccs1. The smallest absolute Gasteiger partial charge is 0.223 e. The van der Waals surface area contributed by atoms with Gasteiger partial charge in [-0.25, -0.2) is 0 Å². The maximum absolute atomic E-state index is 12.2. The first kappa shape index (κ1) is 18.4. The molecule has 1 saturated heterocycles. The van der Waals surface area contributed by atoms with E-state index in [-0.39, 0.29) is 24.1 Å². The van der Waals surface area contributed by atoms with E-state index >= 15 is 0 Å². The zero-order valence-corrected chi connectivity index (χ0v) is 15.0. The second kappa shape index (κ2) is 8.81. The molecule has 0 atom stereocenters. The molecular formula is C17H25ClN2O2S. The number of carbonyl (C=O) groups is 2. The Morgan fingerprint density at radius 3 is 2.52 bits per heavy atom. The molecule has 0 spiro atoms. The number of amides is 1. The highest BCUT2D eigenvalue weighted by molar-refractivity contribution is 7.12. The van der Waals surface area contributed by atoms with Gasteiger partial charge in [0.15, 0.2) is 5.78 Å². The monoisotopic (exact) mass is 356 g/mol. The molecule has 1 aromatic heterocycles. The van der Waals surface area contributed by atoms with Crippen LogP contribution in [-0.2, 0) is 4.79 Å². The molecule has 2 fully saturated rings. The highest BCUT2D eigenvalue weighted by Crippen LogP contribution is 2.28. The van der Waals surface area contributed by atoms with Crippen molar-refractivity contribution < 1.29 is 9.59 Å². The largest absolute Gasteiger partial charge is 0.343 e. The van der Waals surface area contributed by atoms with Crippen LogP contribution in [0.3, 0.4) is 0 Å². The van der Waals surface area contributed by atoms with Gasteiger partial charge in [0, 0.05) is 32.0 Å². The Labute approximate surface area is 148 Å². The number of nitrogens with zero attached hydrogens (tertiary/aromatic N) is 1. The fourth-order valence-electron chi connectivity index (χ4n) is 2.93. The predicted octanol–water partition coefficient (Wildman–Crippen LogP) is 3.12. The maximum atomic E-state index is 12.2. The predicted molar refractivity (Wildman–Crippen MR) is 95.5 cm³/mol. The second-order valence-corrected chi connectivity index (χ2v) is 7.35. The van der Waals surface area contributed by atoms with Crippen molar-refractivity contribution in [3.8, 4) is 0 Å². The third-order valence-electron chi connectivity index (χ3n) is 4.60. The molecule has 0 unspecified atom stereocenters. The van der Waals surface area contributed by atoms with Crippen LogP contribution in [0.15, 0.2) is 17.5 Å². The number of Topliss-reactive ketones (excluding diaryl/α,β-unsaturated/α-hetero) is 1. The summed E-state index contributed by atoms with van der Waals surface area (Å²) in [4.78, 5) is 26.8. The van der Waals surface area contributed by atoms with Crippen LogP contribution >= 0.6 is 23.7 Å². The van der Waals surface area contributed by atoms with E-state index in [1.807, 2.05) is 22.4 Å². The zero-order chi connectivity index (χ0) is 15.4. The highest BCUT2D eigenvalue weighted by atomic mass is 35.5. The molecule has 2 heterocycles. The van der Waals surface area contributed by atoms with E-state index in [0.29, 0.717) is 18.9 Å². The van der Waals surface area contributed by atoms with E-state index < -0.39 is 0 Å². The lowest BCUT2D eigenvalue weighted by molar-refractivity contribution is -0.132. The Bertz CT molecular complexity index is 509. The van der Waals surface area contributed by atoms with Gasteiger partial charge in [0.1, 0.15) is 0 Å². The van der Waals surface area contributed by atoms with Gasteiger partial charge in [-0.3, -0.25) is 9.59 Å². The molecule has 3 rings (SSSR count). The summed E-state index contributed by atoms with van der Waals surface area (Å²) in [5.74, 6) is 1.12. The number of likely N-dealkylation sites (tertiary alicyclic amines) is 1. The molecule has 0 radical (unpaired) electrons. The number of piperidine rings is 1. The fraction of sp³-hybridized carbons (Fsp3) is 0.647. The van der Waals surface area contributed by atoms with Crippen molar-refractivity contribution in [3.63, 3.8) is 0 Å². The quantitative estimate of drug-likeness (QED) is 0.763. The lowest BCUT2D eigenvalue weighted by Gasteiger charge is -2.32. The zero-order valence-electron chi connectivity index (χ0n) is 13.3. The number of carbonyl (C=O) groups excluding carboxylic acids is 2. The Hall–Kier alpha value is -0.910. The number of nitrogens with one attached hydrogen (secondary N) is 1. The molecule has 1 N–H and O–H groups in total. The Balaban J connectivity index is 0.00000192. The van der Waals surface area contributed by atoms with Gasteiger partial charge in [-0.2, -0.15) is 0 Å². The van der Waals surface area contributed by atoms with Gasteiger partial charge in [-0.1, -0.05) is 6.07 Å². The molecule has 1 aliphatic carbocycles. The van der Waals surface area contributed by atoms with Crippen LogP contribution in [0.2, 0.25) is 0 Å². The molecule has 128 valence electrons. The first-order valence-electron chi connectivity index (χ1n) is 8.30. The lowest BCUT2D eigenvalue weighted by atomic mass is 10.0. The molecule has 6 heteroatoms. The summed E-state index contributed by atoms with van der Waals surface area (Å²) in [7, 11) is 0. The van der Waals surface area contributed by atoms with Crippen molar-refractivity contribution in [1.29, 1.82) is 0 Å². The molecule has 23 heavy (non-hydrogen) atoms. The standard InChI is InChI=1S/C17H24N2O2S.ClH/c20-15(16-2-1-11-22-16)5-6-17(21)19-9-7-14(8-10-19)18-12-13-3-4-13;/h1-2,11,13-14,18H,3-10,12H2;1H. The summed E-state index contributed by atoms with van der Waals surface area (Å²) in [6, 6.07) is 4.27. The molecule has 1 aromatic rings. The average molecular weight is 357 g/mol. The van der Waals surface area contributed by atoms with Crippen molar-refractivity contribution in [3.05, 3.63) is 22.4 Å². The molecule has 1 saturated carbocycles. The minimum atomic E-state index is 0. The molecule has 1 amide bonds. The van der Waals surface area contributed by atoms with Crippen LogP contribution in [0.5, 0.6) is 0 Å². The molecule has 1 aliphatic heterocycles. The van der Waals surface area contributed by atoms with Gasteiger partial charge >= 0.3 is 0 Å². The normalized spacial score (nSPS) is 18.5. The van der Waals surface area contributed by atoms with Crippen LogP contribution in [0.1, 0.15) is 48.2 Å². The van der Waals surface area contributed by atoms with Gasteiger partial charge in [0.2, 0.25) is 5.91 Å². The Morgan fingerprint density at radius 1 is 1.17 bits per heavy atom. The van der Waals surface area contributed by atoms with Crippen LogP contribution in [0.4, 0.5) is 0 Å². The van der Waals surface area contributed by atoms with Crippen molar-refractivity contribution >= 4 is 35.4 Å². The number of hydrogen-bond donors (Lipinski definition) is 1. The fourth-order valence-corrected chi connectivity index (χ4v) is 3.62. The topological polar surface area (TPSA) is 49.4 Å². The van der Waals surface area contributed by atoms with Gasteiger partial charge in [-0.15, -0.1) is 23.7 Å². The van der Waals surface area contributed by atoms with Crippen molar-refractivity contribution in [2.45, 2.75) is 44.6 Å². The van der Waals surface area contributed by atoms with E-state index in [4.69, 9.17) is 0 Å². The first-order chi connectivity index (χ1) is 10.7. The van der Waals surface area contributed by atoms with Crippen LogP contribution in [-0.4, -0.2) is 42.3 Å². The molecule has 0 aromatic carbocycles. The van der Waals surface area contributed by atoms with Crippen molar-refractivity contribution in [1.82, 2.24) is 10.2 Å². The van der Waals surface area contributed by atoms with E-state index in [9.17, 15) is 9.59 Å². The first-order valence-corrected chi connectivity index (χ1v) is 9.18. The summed E-state index contributed by atoms with van der Waals surface area (Å²) in [5.41, 5.74) is 0. The van der Waals surface area contributed by atoms with Gasteiger partial charge in [-0.05, 0) is 49.6 Å².